The Morgan fingerprint density at radius 2 is 2.22 bits per heavy atom. The maximum absolute atomic E-state index is 11.7. The second-order valence-corrected chi connectivity index (χ2v) is 6.37. The van der Waals surface area contributed by atoms with E-state index in [9.17, 15) is 19.7 Å². The van der Waals surface area contributed by atoms with Gasteiger partial charge < -0.3 is 33.8 Å². The van der Waals surface area contributed by atoms with Crippen molar-refractivity contribution in [1.82, 2.24) is 9.55 Å². The molecule has 0 radical (unpaired) electrons. The van der Waals surface area contributed by atoms with Gasteiger partial charge in [-0.3, -0.25) is 9.97 Å². The van der Waals surface area contributed by atoms with Crippen LogP contribution in [0.15, 0.2) is 10.7 Å². The average Bonchev–Trinajstić information content (AvgIpc) is 2.72. The molecule has 1 aromatic heterocycles. The fourth-order valence-corrected chi connectivity index (χ4v) is 2.50. The molecule has 23 heavy (non-hydrogen) atoms. The van der Waals surface area contributed by atoms with Crippen LogP contribution in [0.1, 0.15) is 12.6 Å². The number of aliphatic hydroxyl groups is 1. The summed E-state index contributed by atoms with van der Waals surface area (Å²) in [6, 6.07) is -0.737. The number of hydrogen-bond donors (Lipinski definition) is 3. The number of nitrogens with one attached hydrogen (secondary N) is 1. The number of aliphatic hydroxyl groups excluding tert-OH is 1. The first-order chi connectivity index (χ1) is 9.67. The van der Waals surface area contributed by atoms with Gasteiger partial charge in [-0.05, 0) is 15.9 Å². The van der Waals surface area contributed by atoms with E-state index < -0.39 is 38.9 Å². The first-order valence-corrected chi connectivity index (χ1v) is 7.98. The molecule has 118 valence electrons. The Balaban J connectivity index is 0.00000242. The van der Waals surface area contributed by atoms with Crippen LogP contribution in [0.5, 0.6) is 6.01 Å². The maximum atomic E-state index is 11.7. The summed E-state index contributed by atoms with van der Waals surface area (Å²) in [6.45, 7) is -0.575. The summed E-state index contributed by atoms with van der Waals surface area (Å²) >= 11 is 3.05. The van der Waals surface area contributed by atoms with Crippen molar-refractivity contribution in [3.05, 3.63) is 16.2 Å². The molecule has 0 aliphatic carbocycles. The van der Waals surface area contributed by atoms with E-state index in [0.29, 0.717) is 0 Å². The molecule has 0 saturated carbocycles. The Morgan fingerprint density at radius 1 is 1.61 bits per heavy atom. The molecule has 0 bridgehead atoms. The smallest absolute Gasteiger partial charge is 0.846 e. The molecule has 1 aliphatic rings. The van der Waals surface area contributed by atoms with Gasteiger partial charge in [0.05, 0.1) is 23.2 Å². The quantitative estimate of drug-likeness (QED) is 0.313. The average molecular weight is 430 g/mol. The Bertz CT molecular complexity index is 642. The van der Waals surface area contributed by atoms with Gasteiger partial charge in [-0.15, -0.1) is 0 Å². The van der Waals surface area contributed by atoms with Gasteiger partial charge in [0, 0.05) is 12.6 Å². The van der Waals surface area contributed by atoms with Gasteiger partial charge in [-0.25, -0.2) is 4.98 Å². The van der Waals surface area contributed by atoms with E-state index in [2.05, 4.69) is 25.4 Å². The molecule has 1 fully saturated rings. The summed E-state index contributed by atoms with van der Waals surface area (Å²) in [5, 5.41) is 28.8. The molecule has 1 aromatic rings. The Morgan fingerprint density at radius 3 is 2.78 bits per heavy atom. The number of phosphoric acid groups is 1. The first-order valence-electron chi connectivity index (χ1n) is 5.69. The molecule has 0 aromatic carbocycles. The van der Waals surface area contributed by atoms with Crippen LogP contribution in [-0.2, 0) is 13.8 Å². The van der Waals surface area contributed by atoms with Gasteiger partial charge in [0.25, 0.3) is 7.82 Å². The molecular formula is C9H11BrN3Na2O7P. The summed E-state index contributed by atoms with van der Waals surface area (Å²) in [5.74, 6) is 0. The zero-order valence-corrected chi connectivity index (χ0v) is 18.9. The molecule has 2 heterocycles. The van der Waals surface area contributed by atoms with E-state index in [0.717, 1.165) is 4.57 Å². The van der Waals surface area contributed by atoms with Gasteiger partial charge in [0.2, 0.25) is 0 Å². The third kappa shape index (κ3) is 6.78. The zero-order chi connectivity index (χ0) is 15.8. The van der Waals surface area contributed by atoms with Crippen LogP contribution in [0.2, 0.25) is 0 Å². The number of nitrogens with zero attached hydrogens (tertiary/aromatic N) is 2. The van der Waals surface area contributed by atoms with Crippen LogP contribution in [0.4, 0.5) is 0 Å². The number of halogens is 1. The molecule has 1 unspecified atom stereocenters. The number of aromatic nitrogens is 2. The van der Waals surface area contributed by atoms with Crippen LogP contribution in [-0.4, -0.2) is 38.4 Å². The van der Waals surface area contributed by atoms with Crippen molar-refractivity contribution >= 4 is 23.8 Å². The van der Waals surface area contributed by atoms with Crippen molar-refractivity contribution in [2.75, 3.05) is 6.61 Å². The van der Waals surface area contributed by atoms with Crippen molar-refractivity contribution < 1.29 is 92.9 Å². The second kappa shape index (κ2) is 9.77. The summed E-state index contributed by atoms with van der Waals surface area (Å²) in [6.07, 6.45) is -1.68. The monoisotopic (exact) mass is 429 g/mol. The van der Waals surface area contributed by atoms with Crippen molar-refractivity contribution in [1.29, 1.82) is 5.41 Å². The van der Waals surface area contributed by atoms with Gasteiger partial charge >= 0.3 is 59.1 Å². The predicted molar refractivity (Wildman–Crippen MR) is 65.5 cm³/mol. The number of hydrogen-bond acceptors (Lipinski definition) is 8. The fourth-order valence-electron chi connectivity index (χ4n) is 1.86. The third-order valence-corrected chi connectivity index (χ3v) is 3.88. The van der Waals surface area contributed by atoms with E-state index in [4.69, 9.17) is 15.0 Å². The minimum atomic E-state index is -4.91. The third-order valence-electron chi connectivity index (χ3n) is 2.82. The Labute approximate surface area is 183 Å². The van der Waals surface area contributed by atoms with E-state index >= 15 is 0 Å². The van der Waals surface area contributed by atoms with Gasteiger partial charge in [-0.1, -0.05) is 0 Å². The summed E-state index contributed by atoms with van der Waals surface area (Å²) in [4.78, 5) is 22.5. The summed E-state index contributed by atoms with van der Waals surface area (Å²) in [7, 11) is -4.91. The van der Waals surface area contributed by atoms with Crippen LogP contribution in [0, 0.1) is 5.41 Å². The molecule has 0 spiro atoms. The summed E-state index contributed by atoms with van der Waals surface area (Å²) in [5.41, 5.74) is -0.234. The van der Waals surface area contributed by atoms with Crippen molar-refractivity contribution in [3.8, 4) is 6.01 Å². The molecule has 1 aliphatic heterocycles. The van der Waals surface area contributed by atoms with E-state index in [-0.39, 0.29) is 75.5 Å². The summed E-state index contributed by atoms with van der Waals surface area (Å²) < 4.78 is 21.3. The minimum absolute atomic E-state index is 0. The van der Waals surface area contributed by atoms with Crippen LogP contribution < -0.4 is 74.6 Å². The largest absolute Gasteiger partial charge is 1.00 e. The van der Waals surface area contributed by atoms with Crippen molar-refractivity contribution in [2.45, 2.75) is 24.9 Å². The molecule has 1 saturated heterocycles. The number of ether oxygens (including phenoxy) is 1. The van der Waals surface area contributed by atoms with E-state index in [1.54, 1.807) is 0 Å². The Hall–Kier alpha value is 1.19. The maximum Gasteiger partial charge on any atom is 1.00 e. The number of phosphoric ester groups is 1. The van der Waals surface area contributed by atoms with Crippen LogP contribution >= 0.6 is 23.8 Å². The van der Waals surface area contributed by atoms with Gasteiger partial charge in [0.1, 0.15) is 12.3 Å². The second-order valence-electron chi connectivity index (χ2n) is 4.32. The van der Waals surface area contributed by atoms with Gasteiger partial charge in [-0.2, -0.15) is 0 Å². The topological polar surface area (TPSA) is 164 Å². The molecule has 3 N–H and O–H groups in total. The van der Waals surface area contributed by atoms with E-state index in [1.807, 2.05) is 0 Å². The van der Waals surface area contributed by atoms with E-state index in [1.165, 1.54) is 6.20 Å². The van der Waals surface area contributed by atoms with Crippen LogP contribution in [0.3, 0.4) is 0 Å². The molecule has 0 amide bonds. The standard InChI is InChI=1S/C9H13BrN3O7P.2Na/c10-4-2-13(9(15)12-8(4)11)7-1-5(14)6(20-7)3-19-21(16,17)18;;/h2,5-7,14H,1,3H2,(H2,11,12,15)(H2,16,17,18);;/q;2*+1/p-2/t5-,6+,7+;;/m0../s1. The Kier molecular flexibility index (Phi) is 10.3. The zero-order valence-electron chi connectivity index (χ0n) is 12.4. The predicted octanol–water partition coefficient (Wildman–Crippen LogP) is -7.67. The van der Waals surface area contributed by atoms with Crippen molar-refractivity contribution in [3.63, 3.8) is 0 Å². The number of rotatable bonds is 4. The molecule has 10 nitrogen and oxygen atoms in total. The molecule has 2 rings (SSSR count). The molecule has 14 heteroatoms. The van der Waals surface area contributed by atoms with Gasteiger partial charge in [0.15, 0.2) is 5.49 Å². The first kappa shape index (κ1) is 24.2. The SMILES string of the molecule is N=c1nc([O-])n([C@H]2C[C@H](O)[C@@H](COP(=O)([O-])O)O2)cc1Br.[Na+].[Na+]. The molecule has 4 atom stereocenters. The normalized spacial score (nSPS) is 26.0. The molecular weight excluding hydrogens is 419 g/mol. The van der Waals surface area contributed by atoms with Crippen molar-refractivity contribution in [2.24, 2.45) is 0 Å². The van der Waals surface area contributed by atoms with Crippen LogP contribution in [0.25, 0.3) is 0 Å². The minimum Gasteiger partial charge on any atom is -0.846 e. The fraction of sp³-hybridized carbons (Fsp3) is 0.556.